The monoisotopic (exact) mass is 487 g/mol. The fourth-order valence-corrected chi connectivity index (χ4v) is 6.38. The van der Waals surface area contributed by atoms with Crippen molar-refractivity contribution in [2.45, 2.75) is 4.90 Å². The van der Waals surface area contributed by atoms with E-state index in [9.17, 15) is 13.2 Å². The standard InChI is InChI=1S/C22H20ClN4O3S2/c1-25-7-6-20-19(14-25)24-21(31-20)22(28)26-8-10-27(11-9-26)32(29,30)18-5-3-15-12-17(23)4-2-16(15)13-18/h2-7,12-14H,8-11H2,1H3/q+1. The van der Waals surface area contributed by atoms with E-state index in [-0.39, 0.29) is 23.9 Å². The fourth-order valence-electron chi connectivity index (χ4n) is 3.84. The zero-order valence-electron chi connectivity index (χ0n) is 17.2. The van der Waals surface area contributed by atoms with Gasteiger partial charge in [0.1, 0.15) is 12.6 Å². The molecule has 0 bridgehead atoms. The molecule has 5 rings (SSSR count). The van der Waals surface area contributed by atoms with Gasteiger partial charge in [-0.15, -0.1) is 11.3 Å². The van der Waals surface area contributed by atoms with Gasteiger partial charge in [-0.3, -0.25) is 4.79 Å². The summed E-state index contributed by atoms with van der Waals surface area (Å²) in [6.07, 6.45) is 3.80. The number of benzene rings is 2. The number of carbonyl (C=O) groups is 1. The number of hydrogen-bond donors (Lipinski definition) is 0. The lowest BCUT2D eigenvalue weighted by molar-refractivity contribution is -0.670. The van der Waals surface area contributed by atoms with Crippen LogP contribution in [0.1, 0.15) is 9.80 Å². The predicted molar refractivity (Wildman–Crippen MR) is 124 cm³/mol. The van der Waals surface area contributed by atoms with Crippen LogP contribution < -0.4 is 4.57 Å². The van der Waals surface area contributed by atoms with E-state index in [1.165, 1.54) is 15.6 Å². The number of rotatable bonds is 3. The van der Waals surface area contributed by atoms with Crippen LogP contribution in [0.3, 0.4) is 0 Å². The SMILES string of the molecule is C[n+]1ccc2sc(C(=O)N3CCN(S(=O)(=O)c4ccc5cc(Cl)ccc5c4)CC3)nc2c1. The second-order valence-corrected chi connectivity index (χ2v) is 11.1. The molecule has 32 heavy (non-hydrogen) atoms. The van der Waals surface area contributed by atoms with Crippen LogP contribution in [0.15, 0.2) is 59.8 Å². The van der Waals surface area contributed by atoms with Crippen LogP contribution >= 0.6 is 22.9 Å². The number of carbonyl (C=O) groups excluding carboxylic acids is 1. The summed E-state index contributed by atoms with van der Waals surface area (Å²) in [5, 5.41) is 2.73. The van der Waals surface area contributed by atoms with E-state index in [0.717, 1.165) is 21.0 Å². The highest BCUT2D eigenvalue weighted by molar-refractivity contribution is 7.89. The second kappa shape index (κ2) is 8.08. The van der Waals surface area contributed by atoms with E-state index >= 15 is 0 Å². The van der Waals surface area contributed by atoms with E-state index < -0.39 is 10.0 Å². The molecule has 0 atom stereocenters. The number of halogens is 1. The molecule has 0 saturated carbocycles. The molecule has 0 radical (unpaired) electrons. The van der Waals surface area contributed by atoms with Crippen molar-refractivity contribution in [2.75, 3.05) is 26.2 Å². The smallest absolute Gasteiger partial charge is 0.282 e. The first-order valence-electron chi connectivity index (χ1n) is 10.1. The maximum atomic E-state index is 13.2. The average Bonchev–Trinajstić information content (AvgIpc) is 3.21. The quantitative estimate of drug-likeness (QED) is 0.416. The Labute approximate surface area is 194 Å². The summed E-state index contributed by atoms with van der Waals surface area (Å²) in [6, 6.07) is 12.3. The van der Waals surface area contributed by atoms with Crippen LogP contribution in [0.25, 0.3) is 21.0 Å². The molecule has 2 aromatic carbocycles. The molecule has 10 heteroatoms. The zero-order valence-corrected chi connectivity index (χ0v) is 19.6. The molecule has 1 saturated heterocycles. The van der Waals surface area contributed by atoms with Crippen molar-refractivity contribution in [3.8, 4) is 0 Å². The first-order valence-corrected chi connectivity index (χ1v) is 12.7. The summed E-state index contributed by atoms with van der Waals surface area (Å²) >= 11 is 7.38. The van der Waals surface area contributed by atoms with Gasteiger partial charge in [0.25, 0.3) is 5.91 Å². The molecule has 7 nitrogen and oxygen atoms in total. The van der Waals surface area contributed by atoms with Crippen LogP contribution in [0.5, 0.6) is 0 Å². The lowest BCUT2D eigenvalue weighted by Gasteiger charge is -2.33. The maximum Gasteiger partial charge on any atom is 0.282 e. The number of fused-ring (bicyclic) bond motifs is 2. The molecule has 1 aliphatic heterocycles. The Kier molecular flexibility index (Phi) is 5.37. The number of amides is 1. The molecule has 0 aliphatic carbocycles. The minimum atomic E-state index is -3.66. The Hall–Kier alpha value is -2.59. The van der Waals surface area contributed by atoms with E-state index in [1.54, 1.807) is 35.2 Å². The Morgan fingerprint density at radius 1 is 1.06 bits per heavy atom. The first kappa shape index (κ1) is 21.3. The number of pyridine rings is 1. The van der Waals surface area contributed by atoms with Crippen molar-refractivity contribution in [3.05, 3.63) is 64.9 Å². The van der Waals surface area contributed by atoms with Crippen molar-refractivity contribution in [1.29, 1.82) is 0 Å². The molecule has 1 fully saturated rings. The minimum Gasteiger partial charge on any atom is -0.334 e. The predicted octanol–water partition coefficient (Wildman–Crippen LogP) is 3.07. The van der Waals surface area contributed by atoms with Crippen LogP contribution in [-0.2, 0) is 17.1 Å². The summed E-state index contributed by atoms with van der Waals surface area (Å²) in [5.41, 5.74) is 0.780. The summed E-state index contributed by atoms with van der Waals surface area (Å²) in [7, 11) is -1.75. The number of sulfonamides is 1. The third kappa shape index (κ3) is 3.86. The van der Waals surface area contributed by atoms with E-state index in [1.807, 2.05) is 36.1 Å². The summed E-state index contributed by atoms with van der Waals surface area (Å²) in [4.78, 5) is 19.3. The summed E-state index contributed by atoms with van der Waals surface area (Å²) in [5.74, 6) is -0.159. The normalized spacial score (nSPS) is 15.5. The Morgan fingerprint density at radius 2 is 1.78 bits per heavy atom. The fraction of sp³-hybridized carbons (Fsp3) is 0.227. The average molecular weight is 488 g/mol. The van der Waals surface area contributed by atoms with Crippen LogP contribution in [0, 0.1) is 0 Å². The third-order valence-electron chi connectivity index (χ3n) is 5.59. The second-order valence-electron chi connectivity index (χ2n) is 7.73. The summed E-state index contributed by atoms with van der Waals surface area (Å²) in [6.45, 7) is 1.13. The van der Waals surface area contributed by atoms with Crippen molar-refractivity contribution >= 4 is 59.9 Å². The molecule has 1 amide bonds. The van der Waals surface area contributed by atoms with Gasteiger partial charge in [-0.25, -0.2) is 18.0 Å². The number of aromatic nitrogens is 2. The van der Waals surface area contributed by atoms with Crippen molar-refractivity contribution in [2.24, 2.45) is 7.05 Å². The Balaban J connectivity index is 1.32. The van der Waals surface area contributed by atoms with Gasteiger partial charge in [0.15, 0.2) is 17.4 Å². The largest absolute Gasteiger partial charge is 0.334 e. The van der Waals surface area contributed by atoms with E-state index in [0.29, 0.717) is 23.1 Å². The van der Waals surface area contributed by atoms with Crippen molar-refractivity contribution < 1.29 is 17.8 Å². The number of thiazole rings is 1. The van der Waals surface area contributed by atoms with Crippen molar-refractivity contribution in [1.82, 2.24) is 14.2 Å². The summed E-state index contributed by atoms with van der Waals surface area (Å²) < 4.78 is 30.6. The Bertz CT molecular complexity index is 1460. The topological polar surface area (TPSA) is 74.5 Å². The molecule has 0 unspecified atom stereocenters. The third-order valence-corrected chi connectivity index (χ3v) is 8.74. The molecule has 4 aromatic rings. The number of hydrogen-bond acceptors (Lipinski definition) is 5. The van der Waals surface area contributed by atoms with Crippen molar-refractivity contribution in [3.63, 3.8) is 0 Å². The number of nitrogens with zero attached hydrogens (tertiary/aromatic N) is 4. The van der Waals surface area contributed by atoms with Gasteiger partial charge in [-0.2, -0.15) is 4.31 Å². The number of piperazine rings is 1. The molecule has 3 heterocycles. The van der Waals surface area contributed by atoms with Gasteiger partial charge in [0.05, 0.1) is 9.60 Å². The zero-order chi connectivity index (χ0) is 22.5. The molecular formula is C22H20ClN4O3S2+. The minimum absolute atomic E-state index is 0.159. The molecular weight excluding hydrogens is 468 g/mol. The lowest BCUT2D eigenvalue weighted by Crippen LogP contribution is -2.50. The van der Waals surface area contributed by atoms with Gasteiger partial charge in [-0.1, -0.05) is 23.7 Å². The molecule has 1 aliphatic rings. The maximum absolute atomic E-state index is 13.2. The highest BCUT2D eigenvalue weighted by atomic mass is 35.5. The van der Waals surface area contributed by atoms with Gasteiger partial charge in [-0.05, 0) is 35.0 Å². The van der Waals surface area contributed by atoms with E-state index in [4.69, 9.17) is 11.6 Å². The highest BCUT2D eigenvalue weighted by Gasteiger charge is 2.31. The first-order chi connectivity index (χ1) is 15.3. The molecule has 2 aromatic heterocycles. The van der Waals surface area contributed by atoms with Gasteiger partial charge >= 0.3 is 0 Å². The molecule has 164 valence electrons. The van der Waals surface area contributed by atoms with Gasteiger partial charge in [0, 0.05) is 37.3 Å². The number of aryl methyl sites for hydroxylation is 1. The van der Waals surface area contributed by atoms with Crippen LogP contribution in [-0.4, -0.2) is 54.7 Å². The van der Waals surface area contributed by atoms with Gasteiger partial charge < -0.3 is 4.90 Å². The van der Waals surface area contributed by atoms with Gasteiger partial charge in [0.2, 0.25) is 10.0 Å². The Morgan fingerprint density at radius 3 is 2.56 bits per heavy atom. The highest BCUT2D eigenvalue weighted by Crippen LogP contribution is 2.26. The lowest BCUT2D eigenvalue weighted by atomic mass is 10.1. The van der Waals surface area contributed by atoms with E-state index in [2.05, 4.69) is 4.98 Å². The van der Waals surface area contributed by atoms with Crippen LogP contribution in [0.2, 0.25) is 5.02 Å². The van der Waals surface area contributed by atoms with Crippen LogP contribution in [0.4, 0.5) is 0 Å². The molecule has 0 spiro atoms. The molecule has 0 N–H and O–H groups in total.